The van der Waals surface area contributed by atoms with E-state index in [2.05, 4.69) is 22.5 Å². The number of fused-ring (bicyclic) bond motifs is 1. The lowest BCUT2D eigenvalue weighted by molar-refractivity contribution is 0.0953. The van der Waals surface area contributed by atoms with Crippen LogP contribution in [0.3, 0.4) is 0 Å². The Morgan fingerprint density at radius 2 is 1.77 bits per heavy atom. The van der Waals surface area contributed by atoms with Gasteiger partial charge in [0.25, 0.3) is 5.91 Å². The highest BCUT2D eigenvalue weighted by atomic mass is 16.5. The second kappa shape index (κ2) is 9.80. The molecule has 0 bridgehead atoms. The number of rotatable bonds is 9. The van der Waals surface area contributed by atoms with Crippen molar-refractivity contribution in [2.45, 2.75) is 20.0 Å². The summed E-state index contributed by atoms with van der Waals surface area (Å²) in [5.41, 5.74) is 4.64. The first-order valence-electron chi connectivity index (χ1n) is 10.4. The molecule has 0 spiro atoms. The zero-order valence-electron chi connectivity index (χ0n) is 17.5. The highest BCUT2D eigenvalue weighted by Gasteiger charge is 2.06. The maximum Gasteiger partial charge on any atom is 0.251 e. The molecule has 2 heterocycles. The lowest BCUT2D eigenvalue weighted by Crippen LogP contribution is -2.25. The maximum atomic E-state index is 12.3. The fraction of sp³-hybridized carbons (Fsp3) is 0.200. The Morgan fingerprint density at radius 1 is 0.968 bits per heavy atom. The van der Waals surface area contributed by atoms with E-state index in [0.29, 0.717) is 24.5 Å². The van der Waals surface area contributed by atoms with Crippen molar-refractivity contribution in [2.24, 2.45) is 0 Å². The molecule has 1 amide bonds. The topological polar surface area (TPSA) is 67.7 Å². The van der Waals surface area contributed by atoms with Crippen LogP contribution < -0.4 is 15.4 Å². The Labute approximate surface area is 181 Å². The lowest BCUT2D eigenvalue weighted by Gasteiger charge is -2.08. The molecule has 6 heteroatoms. The SMILES string of the molecule is Cc1ccc2nc(COc3ccc(C(=O)NCCCNc4ccccc4)cc3)cn2c1. The Balaban J connectivity index is 1.21. The van der Waals surface area contributed by atoms with Crippen LogP contribution in [0.5, 0.6) is 5.75 Å². The van der Waals surface area contributed by atoms with Gasteiger partial charge in [-0.15, -0.1) is 0 Å². The van der Waals surface area contributed by atoms with Gasteiger partial charge in [-0.25, -0.2) is 4.98 Å². The minimum absolute atomic E-state index is 0.0815. The van der Waals surface area contributed by atoms with Crippen molar-refractivity contribution in [1.29, 1.82) is 0 Å². The van der Waals surface area contributed by atoms with Crippen LogP contribution in [-0.4, -0.2) is 28.4 Å². The van der Waals surface area contributed by atoms with Crippen molar-refractivity contribution in [2.75, 3.05) is 18.4 Å². The molecule has 4 aromatic rings. The molecule has 2 N–H and O–H groups in total. The van der Waals surface area contributed by atoms with Crippen molar-refractivity contribution in [3.8, 4) is 5.75 Å². The van der Waals surface area contributed by atoms with E-state index < -0.39 is 0 Å². The zero-order chi connectivity index (χ0) is 21.5. The van der Waals surface area contributed by atoms with E-state index in [1.165, 1.54) is 5.56 Å². The summed E-state index contributed by atoms with van der Waals surface area (Å²) in [5, 5.41) is 6.28. The van der Waals surface area contributed by atoms with E-state index in [9.17, 15) is 4.79 Å². The zero-order valence-corrected chi connectivity index (χ0v) is 17.5. The Morgan fingerprint density at radius 3 is 2.58 bits per heavy atom. The van der Waals surface area contributed by atoms with Crippen molar-refractivity contribution in [3.63, 3.8) is 0 Å². The second-order valence-corrected chi connectivity index (χ2v) is 7.42. The molecule has 0 saturated heterocycles. The lowest BCUT2D eigenvalue weighted by atomic mass is 10.2. The van der Waals surface area contributed by atoms with Gasteiger partial charge in [-0.05, 0) is 61.4 Å². The number of nitrogens with zero attached hydrogens (tertiary/aromatic N) is 2. The molecular formula is C25H26N4O2. The van der Waals surface area contributed by atoms with Crippen molar-refractivity contribution < 1.29 is 9.53 Å². The van der Waals surface area contributed by atoms with Crippen LogP contribution in [0.4, 0.5) is 5.69 Å². The number of hydrogen-bond acceptors (Lipinski definition) is 4. The normalized spacial score (nSPS) is 10.7. The molecule has 0 aliphatic heterocycles. The van der Waals surface area contributed by atoms with Gasteiger partial charge in [0.1, 0.15) is 18.0 Å². The van der Waals surface area contributed by atoms with Gasteiger partial charge >= 0.3 is 0 Å². The van der Waals surface area contributed by atoms with Crippen LogP contribution in [0.1, 0.15) is 28.0 Å². The molecule has 2 aromatic heterocycles. The number of hydrogen-bond donors (Lipinski definition) is 2. The van der Waals surface area contributed by atoms with E-state index in [1.807, 2.05) is 71.4 Å². The quantitative estimate of drug-likeness (QED) is 0.397. The summed E-state index contributed by atoms with van der Waals surface area (Å²) in [7, 11) is 0. The molecule has 31 heavy (non-hydrogen) atoms. The van der Waals surface area contributed by atoms with Crippen molar-refractivity contribution in [3.05, 3.63) is 95.9 Å². The standard InChI is InChI=1S/C25H26N4O2/c1-19-8-13-24-28-22(17-29(24)16-19)18-31-23-11-9-20(10-12-23)25(30)27-15-5-14-26-21-6-3-2-4-7-21/h2-4,6-13,16-17,26H,5,14-15,18H2,1H3,(H,27,30). The Hall–Kier alpha value is -3.80. The summed E-state index contributed by atoms with van der Waals surface area (Å²) in [6, 6.07) is 21.2. The van der Waals surface area contributed by atoms with Gasteiger partial charge in [0, 0.05) is 36.7 Å². The molecular weight excluding hydrogens is 388 g/mol. The molecule has 0 unspecified atom stereocenters. The molecule has 0 aliphatic carbocycles. The maximum absolute atomic E-state index is 12.3. The number of carbonyl (C=O) groups is 1. The van der Waals surface area contributed by atoms with E-state index >= 15 is 0 Å². The molecule has 0 saturated carbocycles. The van der Waals surface area contributed by atoms with Crippen LogP contribution in [0.2, 0.25) is 0 Å². The smallest absolute Gasteiger partial charge is 0.251 e. The third kappa shape index (κ3) is 5.63. The number of aromatic nitrogens is 2. The highest BCUT2D eigenvalue weighted by Crippen LogP contribution is 2.15. The molecule has 6 nitrogen and oxygen atoms in total. The molecule has 158 valence electrons. The third-order valence-corrected chi connectivity index (χ3v) is 4.89. The van der Waals surface area contributed by atoms with Crippen molar-refractivity contribution >= 4 is 17.2 Å². The van der Waals surface area contributed by atoms with E-state index in [4.69, 9.17) is 4.74 Å². The van der Waals surface area contributed by atoms with Crippen LogP contribution in [0.25, 0.3) is 5.65 Å². The second-order valence-electron chi connectivity index (χ2n) is 7.42. The highest BCUT2D eigenvalue weighted by molar-refractivity contribution is 5.94. The van der Waals surface area contributed by atoms with Gasteiger partial charge in [-0.3, -0.25) is 4.79 Å². The molecule has 0 atom stereocenters. The van der Waals surface area contributed by atoms with E-state index in [1.54, 1.807) is 12.1 Å². The number of nitrogens with one attached hydrogen (secondary N) is 2. The van der Waals surface area contributed by atoms with Gasteiger partial charge in [-0.2, -0.15) is 0 Å². The first-order chi connectivity index (χ1) is 15.2. The molecule has 0 aliphatic rings. The average Bonchev–Trinajstić information content (AvgIpc) is 3.20. The predicted octanol–water partition coefficient (Wildman–Crippen LogP) is 4.45. The van der Waals surface area contributed by atoms with Crippen LogP contribution in [0, 0.1) is 6.92 Å². The first kappa shape index (κ1) is 20.5. The minimum atomic E-state index is -0.0815. The monoisotopic (exact) mass is 414 g/mol. The summed E-state index contributed by atoms with van der Waals surface area (Å²) >= 11 is 0. The molecule has 0 fully saturated rings. The van der Waals surface area contributed by atoms with Gasteiger partial charge in [0.2, 0.25) is 0 Å². The molecule has 0 radical (unpaired) electrons. The van der Waals surface area contributed by atoms with Gasteiger partial charge in [-0.1, -0.05) is 24.3 Å². The number of imidazole rings is 1. The number of anilines is 1. The number of pyridine rings is 1. The molecule has 2 aromatic carbocycles. The fourth-order valence-corrected chi connectivity index (χ4v) is 3.27. The summed E-state index contributed by atoms with van der Waals surface area (Å²) in [6.45, 7) is 3.85. The van der Waals surface area contributed by atoms with Gasteiger partial charge in [0.15, 0.2) is 0 Å². The predicted molar refractivity (Wildman–Crippen MR) is 123 cm³/mol. The Bertz CT molecular complexity index is 1140. The summed E-state index contributed by atoms with van der Waals surface area (Å²) in [5.74, 6) is 0.624. The van der Waals surface area contributed by atoms with Crippen LogP contribution >= 0.6 is 0 Å². The largest absolute Gasteiger partial charge is 0.487 e. The minimum Gasteiger partial charge on any atom is -0.487 e. The number of para-hydroxylation sites is 1. The van der Waals surface area contributed by atoms with E-state index in [0.717, 1.165) is 30.0 Å². The summed E-state index contributed by atoms with van der Waals surface area (Å²) in [4.78, 5) is 16.9. The average molecular weight is 415 g/mol. The van der Waals surface area contributed by atoms with Gasteiger partial charge in [0.05, 0.1) is 5.69 Å². The molecule has 4 rings (SSSR count). The number of aryl methyl sites for hydroxylation is 1. The van der Waals surface area contributed by atoms with Crippen molar-refractivity contribution in [1.82, 2.24) is 14.7 Å². The third-order valence-electron chi connectivity index (χ3n) is 4.89. The summed E-state index contributed by atoms with van der Waals surface area (Å²) < 4.78 is 7.82. The van der Waals surface area contributed by atoms with Crippen LogP contribution in [0.15, 0.2) is 79.1 Å². The Kier molecular flexibility index (Phi) is 6.47. The number of ether oxygens (including phenoxy) is 1. The summed E-state index contributed by atoms with van der Waals surface area (Å²) in [6.07, 6.45) is 4.86. The number of benzene rings is 2. The fourth-order valence-electron chi connectivity index (χ4n) is 3.27. The van der Waals surface area contributed by atoms with Crippen LogP contribution in [-0.2, 0) is 6.61 Å². The first-order valence-corrected chi connectivity index (χ1v) is 10.4. The number of carbonyl (C=O) groups excluding carboxylic acids is 1. The number of amides is 1. The van der Waals surface area contributed by atoms with Gasteiger partial charge < -0.3 is 19.8 Å². The van der Waals surface area contributed by atoms with E-state index in [-0.39, 0.29) is 5.91 Å².